The first-order valence-corrected chi connectivity index (χ1v) is 15.1. The fourth-order valence-corrected chi connectivity index (χ4v) is 5.34. The third-order valence-corrected chi connectivity index (χ3v) is 7.76. The van der Waals surface area contributed by atoms with E-state index in [1.54, 1.807) is 0 Å². The molecule has 0 aromatic carbocycles. The van der Waals surface area contributed by atoms with Crippen LogP contribution < -0.4 is 0 Å². The molecule has 3 aliphatic rings. The maximum Gasteiger partial charge on any atom is 0.397 e. The second kappa shape index (κ2) is 14.3. The zero-order valence-corrected chi connectivity index (χ0v) is 23.9. The number of ether oxygens (including phenoxy) is 6. The maximum atomic E-state index is 12.1. The van der Waals surface area contributed by atoms with Crippen molar-refractivity contribution in [1.82, 2.24) is 0 Å². The van der Waals surface area contributed by atoms with Gasteiger partial charge in [0.1, 0.15) is 54.9 Å². The van der Waals surface area contributed by atoms with Gasteiger partial charge in [-0.1, -0.05) is 6.92 Å². The number of aldehydes is 1. The zero-order chi connectivity index (χ0) is 32.4. The number of hydrogen-bond donors (Lipinski definition) is 7. The molecule has 3 saturated heterocycles. The van der Waals surface area contributed by atoms with Crippen molar-refractivity contribution in [2.24, 2.45) is 5.92 Å². The van der Waals surface area contributed by atoms with Crippen LogP contribution in [-0.2, 0) is 67.2 Å². The standard InChI is InChI=1S/C20H32O21S2/c1-6-10(22)14(34-2)8(4-35-42(28,29)30)38-19(6)40-16-12(24)13(25)20(41-17(16)18(26)27)39-15-9(5-36-43(31,32)33)37-7(3-21)11(15)23/h3,6-17,19-20,22-25H,4-5H2,1-2H3,(H,26,27)(H,28,29,30)(H,31,32,33)/t6?,7-,8?,9+,10+,11-,12+,13?,14+,15?,16-,17?,19-,20+/m0/s1. The van der Waals surface area contributed by atoms with Gasteiger partial charge in [0.15, 0.2) is 25.0 Å². The Morgan fingerprint density at radius 1 is 0.767 bits per heavy atom. The highest BCUT2D eigenvalue weighted by atomic mass is 32.3. The van der Waals surface area contributed by atoms with Gasteiger partial charge in [-0.25, -0.2) is 13.2 Å². The molecule has 3 aliphatic heterocycles. The molecule has 0 spiro atoms. The summed E-state index contributed by atoms with van der Waals surface area (Å²) < 4.78 is 102. The number of aliphatic hydroxyl groups is 4. The van der Waals surface area contributed by atoms with Crippen LogP contribution in [0.4, 0.5) is 0 Å². The Hall–Kier alpha value is -1.52. The highest BCUT2D eigenvalue weighted by Crippen LogP contribution is 2.35. The van der Waals surface area contributed by atoms with Crippen LogP contribution in [0.25, 0.3) is 0 Å². The van der Waals surface area contributed by atoms with Crippen molar-refractivity contribution < 1.29 is 97.9 Å². The lowest BCUT2D eigenvalue weighted by atomic mass is 9.91. The Balaban J connectivity index is 1.79. The highest BCUT2D eigenvalue weighted by Gasteiger charge is 2.55. The molecule has 0 bridgehead atoms. The first kappa shape index (κ1) is 36.0. The van der Waals surface area contributed by atoms with Crippen molar-refractivity contribution in [3.63, 3.8) is 0 Å². The molecule has 43 heavy (non-hydrogen) atoms. The Labute approximate surface area is 244 Å². The van der Waals surface area contributed by atoms with Gasteiger partial charge in [0, 0.05) is 13.0 Å². The van der Waals surface area contributed by atoms with E-state index in [1.165, 1.54) is 6.92 Å². The smallest absolute Gasteiger partial charge is 0.397 e. The summed E-state index contributed by atoms with van der Waals surface area (Å²) in [6.07, 6.45) is -22.7. The molecule has 3 fully saturated rings. The molecule has 14 atom stereocenters. The number of hydrogen-bond acceptors (Lipinski definition) is 18. The summed E-state index contributed by atoms with van der Waals surface area (Å²) in [5.74, 6) is -2.80. The van der Waals surface area contributed by atoms with E-state index in [-0.39, 0.29) is 6.29 Å². The largest absolute Gasteiger partial charge is 0.479 e. The monoisotopic (exact) mass is 672 g/mol. The van der Waals surface area contributed by atoms with E-state index in [4.69, 9.17) is 37.5 Å². The van der Waals surface area contributed by atoms with Crippen molar-refractivity contribution in [3.05, 3.63) is 0 Å². The van der Waals surface area contributed by atoms with Crippen molar-refractivity contribution in [1.29, 1.82) is 0 Å². The number of carboxylic acids is 1. The molecule has 250 valence electrons. The maximum absolute atomic E-state index is 12.1. The Morgan fingerprint density at radius 3 is 1.79 bits per heavy atom. The Kier molecular flexibility index (Phi) is 11.9. The van der Waals surface area contributed by atoms with Gasteiger partial charge < -0.3 is 58.7 Å². The van der Waals surface area contributed by atoms with E-state index in [0.29, 0.717) is 0 Å². The molecular formula is C20H32O21S2. The number of carboxylic acid groups (broad SMARTS) is 1. The van der Waals surface area contributed by atoms with E-state index in [0.717, 1.165) is 7.11 Å². The van der Waals surface area contributed by atoms with Gasteiger partial charge in [0.25, 0.3) is 0 Å². The number of aliphatic hydroxyl groups excluding tert-OH is 4. The summed E-state index contributed by atoms with van der Waals surface area (Å²) in [5, 5.41) is 52.4. The first-order valence-electron chi connectivity index (χ1n) is 12.3. The van der Waals surface area contributed by atoms with Gasteiger partial charge in [-0.05, 0) is 0 Å². The van der Waals surface area contributed by atoms with Crippen LogP contribution in [0.15, 0.2) is 0 Å². The zero-order valence-electron chi connectivity index (χ0n) is 22.2. The average molecular weight is 673 g/mol. The minimum Gasteiger partial charge on any atom is -0.479 e. The van der Waals surface area contributed by atoms with Crippen LogP contribution in [0.3, 0.4) is 0 Å². The second-order valence-corrected chi connectivity index (χ2v) is 11.9. The minimum absolute atomic E-state index is 0.133. The lowest BCUT2D eigenvalue weighted by Gasteiger charge is -2.46. The predicted octanol–water partition coefficient (Wildman–Crippen LogP) is -5.01. The van der Waals surface area contributed by atoms with Gasteiger partial charge in [-0.2, -0.15) is 16.8 Å². The number of rotatable bonds is 13. The fraction of sp³-hybridized carbons (Fsp3) is 0.900. The summed E-state index contributed by atoms with van der Waals surface area (Å²) >= 11 is 0. The molecule has 0 aromatic heterocycles. The van der Waals surface area contributed by atoms with Gasteiger partial charge in [0.2, 0.25) is 0 Å². The molecule has 0 saturated carbocycles. The number of methoxy groups -OCH3 is 1. The molecule has 0 aromatic rings. The lowest BCUT2D eigenvalue weighted by Crippen LogP contribution is -2.65. The normalized spacial score (nSPS) is 42.5. The van der Waals surface area contributed by atoms with E-state index < -0.39 is 126 Å². The van der Waals surface area contributed by atoms with Crippen LogP contribution in [0.5, 0.6) is 0 Å². The molecule has 0 radical (unpaired) electrons. The third kappa shape index (κ3) is 8.81. The quantitative estimate of drug-likeness (QED) is 0.0711. The molecule has 7 N–H and O–H groups in total. The van der Waals surface area contributed by atoms with Crippen molar-refractivity contribution in [2.45, 2.75) is 86.6 Å². The van der Waals surface area contributed by atoms with E-state index in [2.05, 4.69) is 8.37 Å². The molecule has 3 heterocycles. The SMILES string of the molecule is CO[C@@H]1C(COS(=O)(=O)O)O[C@@H](O[C@@H]2C(C(=O)O)O[C@@H](OC3[C@@H](O)[C@H](C=O)O[C@@H]3COS(=O)(=O)O)C(O)[C@H]2O)C(C)[C@H]1O. The van der Waals surface area contributed by atoms with Gasteiger partial charge in [-0.15, -0.1) is 0 Å². The van der Waals surface area contributed by atoms with Crippen LogP contribution in [-0.4, -0.2) is 164 Å². The number of carbonyl (C=O) groups is 2. The summed E-state index contributed by atoms with van der Waals surface area (Å²) in [6.45, 7) is -0.495. The molecule has 23 heteroatoms. The van der Waals surface area contributed by atoms with Gasteiger partial charge in [0.05, 0.1) is 19.3 Å². The average Bonchev–Trinajstić information content (AvgIpc) is 3.21. The topological polar surface area (TPSA) is 318 Å². The number of carbonyl (C=O) groups excluding carboxylic acids is 1. The summed E-state index contributed by atoms with van der Waals surface area (Å²) in [7, 11) is -8.80. The first-order chi connectivity index (χ1) is 19.9. The van der Waals surface area contributed by atoms with Crippen LogP contribution in [0.2, 0.25) is 0 Å². The van der Waals surface area contributed by atoms with E-state index in [1.807, 2.05) is 0 Å². The number of aliphatic carboxylic acids is 1. The molecule has 0 amide bonds. The van der Waals surface area contributed by atoms with Crippen molar-refractivity contribution >= 4 is 33.1 Å². The second-order valence-electron chi connectivity index (χ2n) is 9.73. The minimum atomic E-state index is -5.01. The van der Waals surface area contributed by atoms with Gasteiger partial charge >= 0.3 is 26.8 Å². The van der Waals surface area contributed by atoms with Crippen LogP contribution in [0, 0.1) is 5.92 Å². The molecular weight excluding hydrogens is 640 g/mol. The van der Waals surface area contributed by atoms with Gasteiger partial charge in [-0.3, -0.25) is 9.11 Å². The van der Waals surface area contributed by atoms with E-state index in [9.17, 15) is 52.0 Å². The van der Waals surface area contributed by atoms with Crippen molar-refractivity contribution in [2.75, 3.05) is 20.3 Å². The summed E-state index contributed by atoms with van der Waals surface area (Å²) in [5.41, 5.74) is 0. The summed E-state index contributed by atoms with van der Waals surface area (Å²) in [6, 6.07) is 0. The lowest BCUT2D eigenvalue weighted by molar-refractivity contribution is -0.353. The highest BCUT2D eigenvalue weighted by molar-refractivity contribution is 7.81. The molecule has 0 aliphatic carbocycles. The van der Waals surface area contributed by atoms with E-state index >= 15 is 0 Å². The van der Waals surface area contributed by atoms with Crippen LogP contribution >= 0.6 is 0 Å². The fourth-order valence-electron chi connectivity index (χ4n) is 4.73. The molecule has 3 rings (SSSR count). The third-order valence-electron chi connectivity index (χ3n) is 6.89. The Bertz CT molecular complexity index is 1180. The molecule has 5 unspecified atom stereocenters. The summed E-state index contributed by atoms with van der Waals surface area (Å²) in [4.78, 5) is 23.3. The van der Waals surface area contributed by atoms with Crippen LogP contribution in [0.1, 0.15) is 6.92 Å². The molecule has 21 nitrogen and oxygen atoms in total. The Morgan fingerprint density at radius 2 is 1.30 bits per heavy atom. The predicted molar refractivity (Wildman–Crippen MR) is 128 cm³/mol. The van der Waals surface area contributed by atoms with Crippen molar-refractivity contribution in [3.8, 4) is 0 Å².